The fourth-order valence-corrected chi connectivity index (χ4v) is 3.13. The van der Waals surface area contributed by atoms with Gasteiger partial charge in [0.25, 0.3) is 0 Å². The molecule has 0 N–H and O–H groups in total. The summed E-state index contributed by atoms with van der Waals surface area (Å²) in [7, 11) is 0. The van der Waals surface area contributed by atoms with Crippen LogP contribution in [0, 0.1) is 0 Å². The average Bonchev–Trinajstić information content (AvgIpc) is 2.99. The van der Waals surface area contributed by atoms with Gasteiger partial charge in [0.05, 0.1) is 11.4 Å². The van der Waals surface area contributed by atoms with Crippen molar-refractivity contribution in [2.24, 2.45) is 4.99 Å². The SMILES string of the molecule is CC1N=C(c2ccccc2)c2cc(Br)ccc2-n2cnnc21. The molecular weight excluding hydrogens is 340 g/mol. The first kappa shape index (κ1) is 13.4. The highest BCUT2D eigenvalue weighted by Crippen LogP contribution is 2.30. The van der Waals surface area contributed by atoms with Gasteiger partial charge in [-0.3, -0.25) is 9.56 Å². The quantitative estimate of drug-likeness (QED) is 0.665. The second-order valence-corrected chi connectivity index (χ2v) is 6.16. The predicted molar refractivity (Wildman–Crippen MR) is 89.6 cm³/mol. The van der Waals surface area contributed by atoms with Crippen LogP contribution in [0.4, 0.5) is 0 Å². The minimum Gasteiger partial charge on any atom is -0.283 e. The number of benzene rings is 2. The van der Waals surface area contributed by atoms with E-state index >= 15 is 0 Å². The Morgan fingerprint density at radius 1 is 1.09 bits per heavy atom. The molecule has 0 aliphatic carbocycles. The number of halogens is 1. The number of hydrogen-bond donors (Lipinski definition) is 0. The summed E-state index contributed by atoms with van der Waals surface area (Å²) in [5, 5.41) is 8.29. The molecule has 0 saturated carbocycles. The summed E-state index contributed by atoms with van der Waals surface area (Å²) in [5.41, 5.74) is 4.21. The number of aliphatic imine (C=N–C) groups is 1. The maximum absolute atomic E-state index is 4.91. The van der Waals surface area contributed by atoms with Gasteiger partial charge in [0.2, 0.25) is 0 Å². The van der Waals surface area contributed by atoms with Crippen LogP contribution in [0.25, 0.3) is 5.69 Å². The van der Waals surface area contributed by atoms with Gasteiger partial charge in [-0.1, -0.05) is 46.3 Å². The third-order valence-corrected chi connectivity index (χ3v) is 4.28. The van der Waals surface area contributed by atoms with Crippen LogP contribution in [0.1, 0.15) is 29.9 Å². The summed E-state index contributed by atoms with van der Waals surface area (Å²) >= 11 is 3.57. The molecule has 4 nitrogen and oxygen atoms in total. The van der Waals surface area contributed by atoms with E-state index in [1.807, 2.05) is 35.8 Å². The molecule has 0 spiro atoms. The maximum Gasteiger partial charge on any atom is 0.162 e. The molecule has 0 radical (unpaired) electrons. The van der Waals surface area contributed by atoms with E-state index < -0.39 is 0 Å². The Morgan fingerprint density at radius 3 is 2.73 bits per heavy atom. The molecule has 2 heterocycles. The van der Waals surface area contributed by atoms with Crippen molar-refractivity contribution in [1.82, 2.24) is 14.8 Å². The maximum atomic E-state index is 4.91. The largest absolute Gasteiger partial charge is 0.283 e. The van der Waals surface area contributed by atoms with Crippen LogP contribution in [-0.4, -0.2) is 20.5 Å². The van der Waals surface area contributed by atoms with Gasteiger partial charge in [-0.05, 0) is 25.1 Å². The molecule has 4 rings (SSSR count). The number of rotatable bonds is 1. The van der Waals surface area contributed by atoms with Crippen molar-refractivity contribution >= 4 is 21.6 Å². The second kappa shape index (κ2) is 5.18. The second-order valence-electron chi connectivity index (χ2n) is 5.24. The zero-order valence-corrected chi connectivity index (χ0v) is 13.5. The molecule has 1 aliphatic heterocycles. The van der Waals surface area contributed by atoms with E-state index in [0.29, 0.717) is 0 Å². The lowest BCUT2D eigenvalue weighted by molar-refractivity contribution is 0.724. The lowest BCUT2D eigenvalue weighted by atomic mass is 10.0. The van der Waals surface area contributed by atoms with Crippen molar-refractivity contribution in [1.29, 1.82) is 0 Å². The average molecular weight is 353 g/mol. The van der Waals surface area contributed by atoms with E-state index in [-0.39, 0.29) is 6.04 Å². The molecule has 0 saturated heterocycles. The highest BCUT2D eigenvalue weighted by molar-refractivity contribution is 9.10. The fraction of sp³-hybridized carbons (Fsp3) is 0.118. The molecule has 1 unspecified atom stereocenters. The molecule has 2 aromatic carbocycles. The Labute approximate surface area is 136 Å². The Hall–Kier alpha value is -2.27. The van der Waals surface area contributed by atoms with Gasteiger partial charge in [-0.25, -0.2) is 0 Å². The summed E-state index contributed by atoms with van der Waals surface area (Å²) in [6.45, 7) is 2.05. The third kappa shape index (κ3) is 2.09. The van der Waals surface area contributed by atoms with Crippen LogP contribution in [0.3, 0.4) is 0 Å². The minimum absolute atomic E-state index is 0.0520. The number of fused-ring (bicyclic) bond motifs is 3. The molecular formula is C17H13BrN4. The lowest BCUT2D eigenvalue weighted by Gasteiger charge is -2.11. The van der Waals surface area contributed by atoms with E-state index in [1.54, 1.807) is 6.33 Å². The zero-order chi connectivity index (χ0) is 15.1. The van der Waals surface area contributed by atoms with Crippen LogP contribution in [-0.2, 0) is 0 Å². The molecule has 5 heteroatoms. The van der Waals surface area contributed by atoms with Gasteiger partial charge in [0, 0.05) is 15.6 Å². The summed E-state index contributed by atoms with van der Waals surface area (Å²) in [5.74, 6) is 0.856. The molecule has 1 aromatic heterocycles. The van der Waals surface area contributed by atoms with Crippen LogP contribution in [0.5, 0.6) is 0 Å². The van der Waals surface area contributed by atoms with Crippen LogP contribution < -0.4 is 0 Å². The first-order valence-electron chi connectivity index (χ1n) is 7.07. The molecule has 22 heavy (non-hydrogen) atoms. The molecule has 3 aromatic rings. The summed E-state index contributed by atoms with van der Waals surface area (Å²) in [6.07, 6.45) is 1.75. The van der Waals surface area contributed by atoms with Gasteiger partial charge < -0.3 is 0 Å². The molecule has 0 fully saturated rings. The highest BCUT2D eigenvalue weighted by atomic mass is 79.9. The van der Waals surface area contributed by atoms with Crippen molar-refractivity contribution in [3.05, 3.63) is 76.3 Å². The normalized spacial score (nSPS) is 16.5. The summed E-state index contributed by atoms with van der Waals surface area (Å²) in [6, 6.07) is 16.4. The van der Waals surface area contributed by atoms with E-state index in [2.05, 4.69) is 50.4 Å². The van der Waals surface area contributed by atoms with Gasteiger partial charge in [-0.15, -0.1) is 10.2 Å². The molecule has 0 bridgehead atoms. The van der Waals surface area contributed by atoms with Crippen LogP contribution in [0.2, 0.25) is 0 Å². The van der Waals surface area contributed by atoms with E-state index in [9.17, 15) is 0 Å². The minimum atomic E-state index is -0.0520. The van der Waals surface area contributed by atoms with Gasteiger partial charge in [0.15, 0.2) is 5.82 Å². The number of nitrogens with zero attached hydrogens (tertiary/aromatic N) is 4. The van der Waals surface area contributed by atoms with E-state index in [1.165, 1.54) is 0 Å². The van der Waals surface area contributed by atoms with Crippen molar-refractivity contribution < 1.29 is 0 Å². The zero-order valence-electron chi connectivity index (χ0n) is 11.9. The Kier molecular flexibility index (Phi) is 3.15. The Balaban J connectivity index is 2.03. The van der Waals surface area contributed by atoms with Crippen LogP contribution in [0.15, 0.2) is 64.3 Å². The molecule has 0 amide bonds. The van der Waals surface area contributed by atoms with E-state index in [4.69, 9.17) is 4.99 Å². The standard InChI is InChI=1S/C17H13BrN4/c1-11-17-21-19-10-22(17)15-8-7-13(18)9-14(15)16(20-11)12-5-3-2-4-6-12/h2-11H,1H3. The Bertz CT molecular complexity index is 867. The van der Waals surface area contributed by atoms with Crippen molar-refractivity contribution in [2.45, 2.75) is 13.0 Å². The summed E-state index contributed by atoms with van der Waals surface area (Å²) < 4.78 is 3.05. The molecule has 1 atom stereocenters. The van der Waals surface area contributed by atoms with Gasteiger partial charge in [0.1, 0.15) is 12.4 Å². The first-order valence-corrected chi connectivity index (χ1v) is 7.87. The predicted octanol–water partition coefficient (Wildman–Crippen LogP) is 3.94. The molecule has 108 valence electrons. The third-order valence-electron chi connectivity index (χ3n) is 3.79. The van der Waals surface area contributed by atoms with Crippen molar-refractivity contribution in [3.8, 4) is 5.69 Å². The van der Waals surface area contributed by atoms with Crippen molar-refractivity contribution in [3.63, 3.8) is 0 Å². The molecule has 1 aliphatic rings. The lowest BCUT2D eigenvalue weighted by Crippen LogP contribution is -2.06. The van der Waals surface area contributed by atoms with Crippen LogP contribution >= 0.6 is 15.9 Å². The smallest absolute Gasteiger partial charge is 0.162 e. The fourth-order valence-electron chi connectivity index (χ4n) is 2.77. The monoisotopic (exact) mass is 352 g/mol. The Morgan fingerprint density at radius 2 is 1.91 bits per heavy atom. The highest BCUT2D eigenvalue weighted by Gasteiger charge is 2.23. The van der Waals surface area contributed by atoms with E-state index in [0.717, 1.165) is 32.8 Å². The van der Waals surface area contributed by atoms with Crippen molar-refractivity contribution in [2.75, 3.05) is 0 Å². The number of aromatic nitrogens is 3. The topological polar surface area (TPSA) is 43.1 Å². The first-order chi connectivity index (χ1) is 10.7. The van der Waals surface area contributed by atoms with Gasteiger partial charge >= 0.3 is 0 Å². The summed E-state index contributed by atoms with van der Waals surface area (Å²) in [4.78, 5) is 4.91. The van der Waals surface area contributed by atoms with Gasteiger partial charge in [-0.2, -0.15) is 0 Å². The number of hydrogen-bond acceptors (Lipinski definition) is 3.